The summed E-state index contributed by atoms with van der Waals surface area (Å²) >= 11 is 0. The summed E-state index contributed by atoms with van der Waals surface area (Å²) in [6.45, 7) is 2.08. The standard InChI is InChI=1S/C12H17N5O2S/c1-9-3-4-11(10(13)7-9)20(18,19)15-6-5-12-14-8-17(2)16-12/h3-4,7-8,15H,5-6,13H2,1-2H3. The number of aromatic nitrogens is 3. The zero-order valence-corrected chi connectivity index (χ0v) is 12.2. The van der Waals surface area contributed by atoms with Gasteiger partial charge >= 0.3 is 0 Å². The third kappa shape index (κ3) is 3.34. The molecule has 0 amide bonds. The second-order valence-corrected chi connectivity index (χ2v) is 6.26. The first kappa shape index (κ1) is 14.5. The SMILES string of the molecule is Cc1ccc(S(=O)(=O)NCCc2ncn(C)n2)c(N)c1. The maximum absolute atomic E-state index is 12.1. The number of hydrogen-bond donors (Lipinski definition) is 2. The van der Waals surface area contributed by atoms with E-state index < -0.39 is 10.0 Å². The third-order valence-corrected chi connectivity index (χ3v) is 4.28. The van der Waals surface area contributed by atoms with Gasteiger partial charge in [0.05, 0.1) is 5.69 Å². The van der Waals surface area contributed by atoms with Gasteiger partial charge in [-0.3, -0.25) is 4.68 Å². The fraction of sp³-hybridized carbons (Fsp3) is 0.333. The molecule has 7 nitrogen and oxygen atoms in total. The number of nitrogens with one attached hydrogen (secondary N) is 1. The van der Waals surface area contributed by atoms with E-state index in [1.807, 2.05) is 6.92 Å². The quantitative estimate of drug-likeness (QED) is 0.768. The summed E-state index contributed by atoms with van der Waals surface area (Å²) < 4.78 is 28.3. The van der Waals surface area contributed by atoms with Gasteiger partial charge in [-0.2, -0.15) is 5.10 Å². The molecule has 0 atom stereocenters. The van der Waals surface area contributed by atoms with Crippen LogP contribution in [-0.2, 0) is 23.5 Å². The number of benzene rings is 1. The highest BCUT2D eigenvalue weighted by atomic mass is 32.2. The van der Waals surface area contributed by atoms with Gasteiger partial charge in [0.2, 0.25) is 10.0 Å². The van der Waals surface area contributed by atoms with Gasteiger partial charge in [-0.25, -0.2) is 18.1 Å². The van der Waals surface area contributed by atoms with E-state index in [0.29, 0.717) is 12.2 Å². The molecule has 20 heavy (non-hydrogen) atoms. The number of anilines is 1. The average molecular weight is 295 g/mol. The van der Waals surface area contributed by atoms with Crippen molar-refractivity contribution in [2.24, 2.45) is 7.05 Å². The van der Waals surface area contributed by atoms with E-state index in [0.717, 1.165) is 5.56 Å². The van der Waals surface area contributed by atoms with Gasteiger partial charge in [0.25, 0.3) is 0 Å². The van der Waals surface area contributed by atoms with E-state index in [1.54, 1.807) is 30.2 Å². The lowest BCUT2D eigenvalue weighted by molar-refractivity contribution is 0.581. The van der Waals surface area contributed by atoms with Crippen LogP contribution in [0.1, 0.15) is 11.4 Å². The fourth-order valence-electron chi connectivity index (χ4n) is 1.79. The Bertz CT molecular complexity index is 708. The van der Waals surface area contributed by atoms with Crippen LogP contribution in [0.4, 0.5) is 5.69 Å². The molecule has 0 spiro atoms. The molecule has 0 radical (unpaired) electrons. The number of hydrogen-bond acceptors (Lipinski definition) is 5. The first-order valence-electron chi connectivity index (χ1n) is 6.09. The van der Waals surface area contributed by atoms with E-state index in [1.165, 1.54) is 6.07 Å². The van der Waals surface area contributed by atoms with Crippen molar-refractivity contribution in [2.45, 2.75) is 18.2 Å². The summed E-state index contributed by atoms with van der Waals surface area (Å²) in [4.78, 5) is 4.12. The lowest BCUT2D eigenvalue weighted by Gasteiger charge is -2.09. The number of aryl methyl sites for hydroxylation is 2. The number of nitrogens with zero attached hydrogens (tertiary/aromatic N) is 3. The zero-order valence-electron chi connectivity index (χ0n) is 11.4. The summed E-state index contributed by atoms with van der Waals surface area (Å²) in [5.74, 6) is 0.590. The molecular weight excluding hydrogens is 278 g/mol. The molecule has 0 bridgehead atoms. The van der Waals surface area contributed by atoms with Crippen LogP contribution in [0.3, 0.4) is 0 Å². The molecule has 1 aromatic heterocycles. The van der Waals surface area contributed by atoms with Crippen LogP contribution >= 0.6 is 0 Å². The van der Waals surface area contributed by atoms with Crippen LogP contribution in [0.5, 0.6) is 0 Å². The van der Waals surface area contributed by atoms with Crippen LogP contribution in [-0.4, -0.2) is 29.7 Å². The van der Waals surface area contributed by atoms with Crippen LogP contribution in [0, 0.1) is 6.92 Å². The molecule has 108 valence electrons. The van der Waals surface area contributed by atoms with Gasteiger partial charge in [-0.15, -0.1) is 0 Å². The van der Waals surface area contributed by atoms with Gasteiger partial charge in [-0.1, -0.05) is 6.07 Å². The Morgan fingerprint density at radius 2 is 2.15 bits per heavy atom. The van der Waals surface area contributed by atoms with Gasteiger partial charge in [0.15, 0.2) is 5.82 Å². The van der Waals surface area contributed by atoms with Crippen molar-refractivity contribution in [1.29, 1.82) is 0 Å². The van der Waals surface area contributed by atoms with E-state index in [9.17, 15) is 8.42 Å². The summed E-state index contributed by atoms with van der Waals surface area (Å²) in [6.07, 6.45) is 1.99. The lowest BCUT2D eigenvalue weighted by atomic mass is 10.2. The van der Waals surface area contributed by atoms with Crippen LogP contribution < -0.4 is 10.5 Å². The average Bonchev–Trinajstić information content (AvgIpc) is 2.74. The van der Waals surface area contributed by atoms with Crippen LogP contribution in [0.2, 0.25) is 0 Å². The van der Waals surface area contributed by atoms with Crippen molar-refractivity contribution < 1.29 is 8.42 Å². The number of nitrogen functional groups attached to an aromatic ring is 1. The Labute approximate surface area is 117 Å². The second kappa shape index (κ2) is 5.59. The summed E-state index contributed by atoms with van der Waals surface area (Å²) in [5.41, 5.74) is 6.91. The normalized spacial score (nSPS) is 11.7. The highest BCUT2D eigenvalue weighted by Crippen LogP contribution is 2.19. The molecule has 2 rings (SSSR count). The highest BCUT2D eigenvalue weighted by molar-refractivity contribution is 7.89. The highest BCUT2D eigenvalue weighted by Gasteiger charge is 2.17. The Balaban J connectivity index is 2.04. The summed E-state index contributed by atoms with van der Waals surface area (Å²) in [7, 11) is -1.85. The number of nitrogens with two attached hydrogens (primary N) is 1. The van der Waals surface area contributed by atoms with Crippen molar-refractivity contribution in [2.75, 3.05) is 12.3 Å². The van der Waals surface area contributed by atoms with Gasteiger partial charge in [-0.05, 0) is 24.6 Å². The van der Waals surface area contributed by atoms with E-state index in [-0.39, 0.29) is 17.1 Å². The number of rotatable bonds is 5. The van der Waals surface area contributed by atoms with Crippen LogP contribution in [0.25, 0.3) is 0 Å². The second-order valence-electron chi connectivity index (χ2n) is 4.52. The Morgan fingerprint density at radius 1 is 1.40 bits per heavy atom. The molecule has 0 aliphatic heterocycles. The molecule has 0 aliphatic carbocycles. The van der Waals surface area contributed by atoms with Gasteiger partial charge in [0, 0.05) is 20.0 Å². The monoisotopic (exact) mass is 295 g/mol. The molecule has 0 saturated carbocycles. The lowest BCUT2D eigenvalue weighted by Crippen LogP contribution is -2.27. The molecule has 3 N–H and O–H groups in total. The Morgan fingerprint density at radius 3 is 2.75 bits per heavy atom. The van der Waals surface area contributed by atoms with E-state index in [4.69, 9.17) is 5.73 Å². The van der Waals surface area contributed by atoms with Crippen molar-refractivity contribution in [1.82, 2.24) is 19.5 Å². The van der Waals surface area contributed by atoms with Crippen molar-refractivity contribution in [3.05, 3.63) is 35.9 Å². The first-order chi connectivity index (χ1) is 9.38. The third-order valence-electron chi connectivity index (χ3n) is 2.74. The smallest absolute Gasteiger partial charge is 0.242 e. The molecule has 1 heterocycles. The van der Waals surface area contributed by atoms with Gasteiger partial charge < -0.3 is 5.73 Å². The van der Waals surface area contributed by atoms with Gasteiger partial charge in [0.1, 0.15) is 11.2 Å². The summed E-state index contributed by atoms with van der Waals surface area (Å²) in [5, 5.41) is 4.08. The topological polar surface area (TPSA) is 103 Å². The molecule has 8 heteroatoms. The summed E-state index contributed by atoms with van der Waals surface area (Å²) in [6, 6.07) is 4.85. The Hall–Kier alpha value is -1.93. The predicted molar refractivity (Wildman–Crippen MR) is 75.5 cm³/mol. The molecular formula is C12H17N5O2S. The Kier molecular flexibility index (Phi) is 4.05. The molecule has 0 unspecified atom stereocenters. The fourth-order valence-corrected chi connectivity index (χ4v) is 2.93. The maximum atomic E-state index is 12.1. The number of sulfonamides is 1. The minimum Gasteiger partial charge on any atom is -0.398 e. The minimum atomic E-state index is -3.61. The van der Waals surface area contributed by atoms with Crippen molar-refractivity contribution in [3.8, 4) is 0 Å². The van der Waals surface area contributed by atoms with Crippen molar-refractivity contribution in [3.63, 3.8) is 0 Å². The van der Waals surface area contributed by atoms with E-state index >= 15 is 0 Å². The first-order valence-corrected chi connectivity index (χ1v) is 7.57. The molecule has 1 aromatic carbocycles. The minimum absolute atomic E-state index is 0.0945. The van der Waals surface area contributed by atoms with E-state index in [2.05, 4.69) is 14.8 Å². The molecule has 0 fully saturated rings. The largest absolute Gasteiger partial charge is 0.398 e. The zero-order chi connectivity index (χ0) is 14.8. The molecule has 2 aromatic rings. The van der Waals surface area contributed by atoms with Crippen LogP contribution in [0.15, 0.2) is 29.4 Å². The molecule has 0 aliphatic rings. The molecule has 0 saturated heterocycles. The van der Waals surface area contributed by atoms with Crippen molar-refractivity contribution >= 4 is 15.7 Å². The predicted octanol–water partition coefficient (Wildman–Crippen LogP) is 0.227. The maximum Gasteiger partial charge on any atom is 0.242 e.